The van der Waals surface area contributed by atoms with Crippen LogP contribution in [0.4, 0.5) is 21.5 Å². The van der Waals surface area contributed by atoms with Crippen molar-refractivity contribution < 1.29 is 18.7 Å². The highest BCUT2D eigenvalue weighted by Gasteiger charge is 2.23. The lowest BCUT2D eigenvalue weighted by atomic mass is 10.1. The highest BCUT2D eigenvalue weighted by atomic mass is 19.1. The summed E-state index contributed by atoms with van der Waals surface area (Å²) >= 11 is 0. The van der Waals surface area contributed by atoms with Gasteiger partial charge in [0.25, 0.3) is 0 Å². The maximum atomic E-state index is 15.2. The number of aryl methyl sites for hydroxylation is 3. The number of ether oxygens (including phenoxy) is 2. The van der Waals surface area contributed by atoms with Gasteiger partial charge in [-0.05, 0) is 106 Å². The van der Waals surface area contributed by atoms with E-state index in [2.05, 4.69) is 34.4 Å². The number of methoxy groups -OCH3 is 1. The van der Waals surface area contributed by atoms with Crippen LogP contribution in [0.25, 0.3) is 0 Å². The standard InChI is InChI=1S/C35H45FN4O3/c1-23-18-29(43-32-14-10-26(20-33(32)42-5)11-15-34(41)37-27-8-6-7-9-27)19-24(2)35(23)38-28-12-13-31(30(36)21-28)40-17-16-39(4)25(3)22-40/h10,12-14,18-21,25,27,38H,6-9,11,15-17,22H2,1-5H3,(H,37,41). The molecule has 1 unspecified atom stereocenters. The van der Waals surface area contributed by atoms with Crippen molar-refractivity contribution in [3.63, 3.8) is 0 Å². The zero-order valence-corrected chi connectivity index (χ0v) is 26.1. The third kappa shape index (κ3) is 7.60. The first-order valence-electron chi connectivity index (χ1n) is 15.5. The van der Waals surface area contributed by atoms with Gasteiger partial charge in [0.1, 0.15) is 11.6 Å². The lowest BCUT2D eigenvalue weighted by Crippen LogP contribution is -2.50. The fourth-order valence-corrected chi connectivity index (χ4v) is 6.14. The number of hydrogen-bond donors (Lipinski definition) is 2. The zero-order valence-electron chi connectivity index (χ0n) is 26.1. The SMILES string of the molecule is COc1cc(CCC(=O)NC2CCCC2)ccc1Oc1cc(C)c(Nc2ccc(N3CCN(C)C(C)C3)c(F)c2)c(C)c1. The van der Waals surface area contributed by atoms with Crippen LogP contribution in [0.15, 0.2) is 48.5 Å². The van der Waals surface area contributed by atoms with Crippen molar-refractivity contribution >= 4 is 23.0 Å². The number of piperazine rings is 1. The van der Waals surface area contributed by atoms with Gasteiger partial charge in [-0.3, -0.25) is 4.79 Å². The number of carbonyl (C=O) groups is 1. The van der Waals surface area contributed by atoms with Crippen molar-refractivity contribution in [3.05, 3.63) is 71.0 Å². The molecule has 1 saturated carbocycles. The molecule has 8 heteroatoms. The maximum absolute atomic E-state index is 15.2. The van der Waals surface area contributed by atoms with E-state index < -0.39 is 0 Å². The second kappa shape index (κ2) is 13.7. The van der Waals surface area contributed by atoms with Crippen LogP contribution in [0.5, 0.6) is 17.2 Å². The minimum atomic E-state index is -0.220. The molecular weight excluding hydrogens is 543 g/mol. The van der Waals surface area contributed by atoms with Crippen LogP contribution >= 0.6 is 0 Å². The van der Waals surface area contributed by atoms with Gasteiger partial charge in [0.15, 0.2) is 11.5 Å². The van der Waals surface area contributed by atoms with Crippen LogP contribution in [0.1, 0.15) is 55.7 Å². The number of halogens is 1. The zero-order chi connectivity index (χ0) is 30.5. The van der Waals surface area contributed by atoms with Gasteiger partial charge in [0.2, 0.25) is 5.91 Å². The second-order valence-electron chi connectivity index (χ2n) is 12.1. The summed E-state index contributed by atoms with van der Waals surface area (Å²) in [5.41, 5.74) is 5.27. The first-order chi connectivity index (χ1) is 20.7. The monoisotopic (exact) mass is 588 g/mol. The van der Waals surface area contributed by atoms with Gasteiger partial charge in [0.05, 0.1) is 12.8 Å². The maximum Gasteiger partial charge on any atom is 0.220 e. The average Bonchev–Trinajstić information content (AvgIpc) is 3.49. The van der Waals surface area contributed by atoms with E-state index in [1.807, 2.05) is 56.3 Å². The van der Waals surface area contributed by atoms with Crippen molar-refractivity contribution in [1.82, 2.24) is 10.2 Å². The molecule has 1 saturated heterocycles. The number of rotatable bonds is 10. The van der Waals surface area contributed by atoms with Gasteiger partial charge in [-0.2, -0.15) is 0 Å². The number of benzene rings is 3. The minimum Gasteiger partial charge on any atom is -0.493 e. The fourth-order valence-electron chi connectivity index (χ4n) is 6.14. The Morgan fingerprint density at radius 3 is 2.42 bits per heavy atom. The molecule has 1 aliphatic heterocycles. The van der Waals surface area contributed by atoms with Crippen molar-refractivity contribution in [1.29, 1.82) is 0 Å². The molecule has 1 atom stereocenters. The Morgan fingerprint density at radius 1 is 1.00 bits per heavy atom. The Bertz CT molecular complexity index is 1420. The number of nitrogens with one attached hydrogen (secondary N) is 2. The molecule has 7 nitrogen and oxygen atoms in total. The minimum absolute atomic E-state index is 0.106. The molecule has 0 aromatic heterocycles. The summed E-state index contributed by atoms with van der Waals surface area (Å²) in [6, 6.07) is 15.9. The van der Waals surface area contributed by atoms with Crippen LogP contribution in [0, 0.1) is 19.7 Å². The number of hydrogen-bond acceptors (Lipinski definition) is 6. The first kappa shape index (κ1) is 30.7. The van der Waals surface area contributed by atoms with E-state index in [0.717, 1.165) is 54.9 Å². The summed E-state index contributed by atoms with van der Waals surface area (Å²) in [7, 11) is 3.73. The van der Waals surface area contributed by atoms with Gasteiger partial charge in [-0.1, -0.05) is 18.9 Å². The third-order valence-electron chi connectivity index (χ3n) is 8.84. The molecule has 230 valence electrons. The van der Waals surface area contributed by atoms with Gasteiger partial charge in [-0.25, -0.2) is 4.39 Å². The number of amides is 1. The summed E-state index contributed by atoms with van der Waals surface area (Å²) in [6.07, 6.45) is 5.67. The number of likely N-dealkylation sites (N-methyl/N-ethyl adjacent to an activating group) is 1. The van der Waals surface area contributed by atoms with E-state index in [9.17, 15) is 4.79 Å². The molecule has 1 amide bonds. The normalized spacial score (nSPS) is 17.6. The van der Waals surface area contributed by atoms with Crippen molar-refractivity contribution in [2.24, 2.45) is 0 Å². The topological polar surface area (TPSA) is 66.1 Å². The van der Waals surface area contributed by atoms with E-state index in [1.165, 1.54) is 12.8 Å². The number of carbonyl (C=O) groups excluding carboxylic acids is 1. The largest absolute Gasteiger partial charge is 0.493 e. The lowest BCUT2D eigenvalue weighted by molar-refractivity contribution is -0.121. The summed E-state index contributed by atoms with van der Waals surface area (Å²) in [4.78, 5) is 16.8. The molecule has 2 fully saturated rings. The van der Waals surface area contributed by atoms with Gasteiger partial charge >= 0.3 is 0 Å². The summed E-state index contributed by atoms with van der Waals surface area (Å²) in [5.74, 6) is 1.80. The summed E-state index contributed by atoms with van der Waals surface area (Å²) < 4.78 is 27.1. The molecule has 3 aromatic carbocycles. The molecular formula is C35H45FN4O3. The Labute approximate surface area is 255 Å². The Morgan fingerprint density at radius 2 is 1.74 bits per heavy atom. The smallest absolute Gasteiger partial charge is 0.220 e. The Hall–Kier alpha value is -3.78. The van der Waals surface area contributed by atoms with E-state index in [0.29, 0.717) is 53.5 Å². The Balaban J connectivity index is 1.22. The number of nitrogens with zero attached hydrogens (tertiary/aromatic N) is 2. The quantitative estimate of drug-likeness (QED) is 0.263. The molecule has 0 spiro atoms. The van der Waals surface area contributed by atoms with Crippen LogP contribution in [-0.2, 0) is 11.2 Å². The van der Waals surface area contributed by atoms with Crippen LogP contribution in [0.2, 0.25) is 0 Å². The molecule has 43 heavy (non-hydrogen) atoms. The summed E-state index contributed by atoms with van der Waals surface area (Å²) in [6.45, 7) is 8.73. The molecule has 0 radical (unpaired) electrons. The molecule has 1 heterocycles. The third-order valence-corrected chi connectivity index (χ3v) is 8.84. The predicted octanol–water partition coefficient (Wildman–Crippen LogP) is 7.12. The van der Waals surface area contributed by atoms with Crippen LogP contribution in [0.3, 0.4) is 0 Å². The second-order valence-corrected chi connectivity index (χ2v) is 12.1. The average molecular weight is 589 g/mol. The fraction of sp³-hybridized carbons (Fsp3) is 0.457. The van der Waals surface area contributed by atoms with Gasteiger partial charge in [-0.15, -0.1) is 0 Å². The van der Waals surface area contributed by atoms with Crippen molar-refractivity contribution in [2.75, 3.05) is 44.0 Å². The molecule has 3 aromatic rings. The predicted molar refractivity (Wildman–Crippen MR) is 172 cm³/mol. The molecule has 1 aliphatic carbocycles. The van der Waals surface area contributed by atoms with Crippen molar-refractivity contribution in [2.45, 2.75) is 71.4 Å². The van der Waals surface area contributed by atoms with E-state index in [1.54, 1.807) is 13.2 Å². The molecule has 5 rings (SSSR count). The lowest BCUT2D eigenvalue weighted by Gasteiger charge is -2.39. The highest BCUT2D eigenvalue weighted by molar-refractivity contribution is 5.76. The highest BCUT2D eigenvalue weighted by Crippen LogP contribution is 2.36. The Kier molecular flexibility index (Phi) is 9.76. The number of anilines is 3. The molecule has 2 aliphatic rings. The summed E-state index contributed by atoms with van der Waals surface area (Å²) in [5, 5.41) is 6.57. The van der Waals surface area contributed by atoms with Gasteiger partial charge in [0, 0.05) is 49.5 Å². The van der Waals surface area contributed by atoms with E-state index in [4.69, 9.17) is 9.47 Å². The first-order valence-corrected chi connectivity index (χ1v) is 15.5. The van der Waals surface area contributed by atoms with E-state index >= 15 is 4.39 Å². The molecule has 2 N–H and O–H groups in total. The van der Waals surface area contributed by atoms with Crippen LogP contribution in [-0.4, -0.2) is 56.7 Å². The van der Waals surface area contributed by atoms with E-state index in [-0.39, 0.29) is 11.7 Å². The van der Waals surface area contributed by atoms with Gasteiger partial charge < -0.3 is 29.9 Å². The van der Waals surface area contributed by atoms with Crippen molar-refractivity contribution in [3.8, 4) is 17.2 Å². The molecule has 0 bridgehead atoms. The van der Waals surface area contributed by atoms with Crippen LogP contribution < -0.4 is 25.0 Å².